The lowest BCUT2D eigenvalue weighted by Crippen LogP contribution is -2.50. The molecule has 198 valence electrons. The molecule has 1 saturated heterocycles. The van der Waals surface area contributed by atoms with Crippen molar-refractivity contribution in [3.05, 3.63) is 57.8 Å². The molecule has 37 heavy (non-hydrogen) atoms. The van der Waals surface area contributed by atoms with Crippen LogP contribution in [0.4, 0.5) is 13.2 Å². The number of hydrogen-bond donors (Lipinski definition) is 0. The highest BCUT2D eigenvalue weighted by Gasteiger charge is 2.42. The number of amidine groups is 1. The molecule has 3 aliphatic heterocycles. The zero-order chi connectivity index (χ0) is 26.9. The van der Waals surface area contributed by atoms with Gasteiger partial charge in [-0.2, -0.15) is 13.2 Å². The van der Waals surface area contributed by atoms with Crippen molar-refractivity contribution >= 4 is 34.7 Å². The summed E-state index contributed by atoms with van der Waals surface area (Å²) in [4.78, 5) is 47.4. The standard InChI is InChI=1S/C25H27F3N4O4S/c1-4-19-21(23(35)36-3)22(16-5-7-17(8-6-16)25(26,27)28)32-18(14-37-24(32)29-19)13-20(34)31-11-9-30(10-12-31)15(2)33/h5-8,14,22H,4,9-13H2,1-3H3. The molecule has 8 nitrogen and oxygen atoms in total. The monoisotopic (exact) mass is 536 g/mol. The van der Waals surface area contributed by atoms with E-state index < -0.39 is 23.8 Å². The minimum absolute atomic E-state index is 0.0130. The number of fused-ring (bicyclic) bond motifs is 1. The normalized spacial score (nSPS) is 19.9. The van der Waals surface area contributed by atoms with Crippen LogP contribution in [0, 0.1) is 0 Å². The zero-order valence-corrected chi connectivity index (χ0v) is 21.5. The molecule has 3 heterocycles. The van der Waals surface area contributed by atoms with E-state index in [1.165, 1.54) is 37.9 Å². The average molecular weight is 537 g/mol. The molecule has 3 aliphatic rings. The number of amides is 2. The van der Waals surface area contributed by atoms with Gasteiger partial charge in [-0.1, -0.05) is 30.8 Å². The molecule has 4 rings (SSSR count). The number of halogens is 3. The summed E-state index contributed by atoms with van der Waals surface area (Å²) in [6.45, 7) is 5.06. The number of benzene rings is 1. The van der Waals surface area contributed by atoms with Crippen LogP contribution < -0.4 is 0 Å². The maximum Gasteiger partial charge on any atom is 0.416 e. The smallest absolute Gasteiger partial charge is 0.416 e. The highest BCUT2D eigenvalue weighted by atomic mass is 32.2. The average Bonchev–Trinajstić information content (AvgIpc) is 3.28. The Morgan fingerprint density at radius 2 is 1.70 bits per heavy atom. The number of piperazine rings is 1. The quantitative estimate of drug-likeness (QED) is 0.531. The number of alkyl halides is 3. The maximum atomic E-state index is 13.2. The van der Waals surface area contributed by atoms with Gasteiger partial charge in [-0.05, 0) is 29.5 Å². The first-order valence-electron chi connectivity index (χ1n) is 11.8. The Balaban J connectivity index is 1.65. The SMILES string of the molecule is CCC1=C(C(=O)OC)C(c2ccc(C(F)(F)F)cc2)N2C(CC(=O)N3CCN(C(C)=O)CC3)=CSC2=N1. The molecule has 0 radical (unpaired) electrons. The molecule has 1 atom stereocenters. The van der Waals surface area contributed by atoms with Crippen LogP contribution in [0.5, 0.6) is 0 Å². The largest absolute Gasteiger partial charge is 0.466 e. The van der Waals surface area contributed by atoms with Crippen LogP contribution >= 0.6 is 11.8 Å². The molecule has 12 heteroatoms. The molecular weight excluding hydrogens is 509 g/mol. The van der Waals surface area contributed by atoms with Gasteiger partial charge in [0.15, 0.2) is 5.17 Å². The van der Waals surface area contributed by atoms with Gasteiger partial charge in [0.05, 0.1) is 36.4 Å². The number of carbonyl (C=O) groups excluding carboxylic acids is 3. The summed E-state index contributed by atoms with van der Waals surface area (Å²) in [5.41, 5.74) is 0.944. The summed E-state index contributed by atoms with van der Waals surface area (Å²) in [6, 6.07) is 3.84. The van der Waals surface area contributed by atoms with Gasteiger partial charge >= 0.3 is 12.1 Å². The molecule has 1 aromatic carbocycles. The number of ether oxygens (including phenoxy) is 1. The van der Waals surface area contributed by atoms with E-state index in [1.54, 1.807) is 20.1 Å². The van der Waals surface area contributed by atoms with Crippen molar-refractivity contribution in [2.75, 3.05) is 33.3 Å². The lowest BCUT2D eigenvalue weighted by atomic mass is 9.92. The highest BCUT2D eigenvalue weighted by molar-refractivity contribution is 8.16. The van der Waals surface area contributed by atoms with Crippen LogP contribution in [0.2, 0.25) is 0 Å². The van der Waals surface area contributed by atoms with Gasteiger partial charge in [-0.25, -0.2) is 9.79 Å². The Labute approximate surface area is 216 Å². The second-order valence-electron chi connectivity index (χ2n) is 8.78. The fourth-order valence-corrected chi connectivity index (χ4v) is 5.56. The number of carbonyl (C=O) groups is 3. The predicted octanol–water partition coefficient (Wildman–Crippen LogP) is 3.92. The van der Waals surface area contributed by atoms with Gasteiger partial charge in [-0.15, -0.1) is 0 Å². The zero-order valence-electron chi connectivity index (χ0n) is 20.7. The van der Waals surface area contributed by atoms with E-state index in [4.69, 9.17) is 4.74 Å². The van der Waals surface area contributed by atoms with Gasteiger partial charge in [-0.3, -0.25) is 9.59 Å². The summed E-state index contributed by atoms with van der Waals surface area (Å²) in [6.07, 6.45) is -4.08. The first kappa shape index (κ1) is 26.8. The van der Waals surface area contributed by atoms with E-state index in [9.17, 15) is 27.6 Å². The number of thioether (sulfide) groups is 1. The number of aliphatic imine (C=N–C) groups is 1. The van der Waals surface area contributed by atoms with Crippen molar-refractivity contribution in [3.8, 4) is 0 Å². The van der Waals surface area contributed by atoms with Gasteiger partial charge in [0.25, 0.3) is 0 Å². The minimum atomic E-state index is -4.50. The first-order chi connectivity index (χ1) is 17.5. The molecule has 0 saturated carbocycles. The van der Waals surface area contributed by atoms with E-state index in [0.29, 0.717) is 54.7 Å². The summed E-state index contributed by atoms with van der Waals surface area (Å²) in [7, 11) is 1.24. The van der Waals surface area contributed by atoms with Crippen LogP contribution in [0.15, 0.2) is 51.6 Å². The molecule has 1 fully saturated rings. The van der Waals surface area contributed by atoms with E-state index in [2.05, 4.69) is 4.99 Å². The number of allylic oxidation sites excluding steroid dienone is 1. The lowest BCUT2D eigenvalue weighted by Gasteiger charge is -2.38. The van der Waals surface area contributed by atoms with Crippen LogP contribution in [-0.2, 0) is 25.3 Å². The lowest BCUT2D eigenvalue weighted by molar-refractivity contribution is -0.138. The Morgan fingerprint density at radius 1 is 1.08 bits per heavy atom. The van der Waals surface area contributed by atoms with Crippen LogP contribution in [-0.4, -0.2) is 70.9 Å². The second-order valence-corrected chi connectivity index (χ2v) is 9.62. The Hall–Kier alpha value is -3.28. The van der Waals surface area contributed by atoms with Crippen molar-refractivity contribution in [1.82, 2.24) is 14.7 Å². The van der Waals surface area contributed by atoms with Crippen LogP contribution in [0.25, 0.3) is 0 Å². The third-order valence-corrected chi connectivity index (χ3v) is 7.48. The van der Waals surface area contributed by atoms with Gasteiger partial charge in [0.2, 0.25) is 11.8 Å². The predicted molar refractivity (Wildman–Crippen MR) is 132 cm³/mol. The third-order valence-electron chi connectivity index (χ3n) is 6.59. The van der Waals surface area contributed by atoms with E-state index in [0.717, 1.165) is 12.1 Å². The Bertz CT molecular complexity index is 1190. The van der Waals surface area contributed by atoms with E-state index in [1.807, 2.05) is 6.92 Å². The van der Waals surface area contributed by atoms with Crippen molar-refractivity contribution in [2.45, 2.75) is 38.9 Å². The fraction of sp³-hybridized carbons (Fsp3) is 0.440. The summed E-state index contributed by atoms with van der Waals surface area (Å²) in [5.74, 6) is -0.816. The number of hydrogen-bond acceptors (Lipinski definition) is 7. The van der Waals surface area contributed by atoms with Crippen molar-refractivity contribution in [1.29, 1.82) is 0 Å². The van der Waals surface area contributed by atoms with Crippen molar-refractivity contribution < 1.29 is 32.3 Å². The molecule has 0 aromatic heterocycles. The van der Waals surface area contributed by atoms with Crippen LogP contribution in [0.3, 0.4) is 0 Å². The third kappa shape index (κ3) is 5.39. The molecule has 0 spiro atoms. The highest BCUT2D eigenvalue weighted by Crippen LogP contribution is 2.46. The molecule has 2 amide bonds. The number of esters is 1. The summed E-state index contributed by atoms with van der Waals surface area (Å²) >= 11 is 1.30. The first-order valence-corrected chi connectivity index (χ1v) is 12.7. The van der Waals surface area contributed by atoms with Gasteiger partial charge in [0.1, 0.15) is 0 Å². The fourth-order valence-electron chi connectivity index (χ4n) is 4.62. The molecule has 0 bridgehead atoms. The number of nitrogens with zero attached hydrogens (tertiary/aromatic N) is 4. The molecule has 1 unspecified atom stereocenters. The van der Waals surface area contributed by atoms with Gasteiger partial charge < -0.3 is 19.4 Å². The number of rotatable bonds is 5. The molecule has 0 aliphatic carbocycles. The van der Waals surface area contributed by atoms with Crippen molar-refractivity contribution in [3.63, 3.8) is 0 Å². The van der Waals surface area contributed by atoms with Gasteiger partial charge in [0, 0.05) is 38.8 Å². The van der Waals surface area contributed by atoms with Crippen LogP contribution in [0.1, 0.15) is 43.9 Å². The van der Waals surface area contributed by atoms with E-state index >= 15 is 0 Å². The topological polar surface area (TPSA) is 82.5 Å². The molecular formula is C25H27F3N4O4S. The Kier molecular flexibility index (Phi) is 7.67. The second kappa shape index (κ2) is 10.6. The molecule has 1 aromatic rings. The maximum absolute atomic E-state index is 13.2. The summed E-state index contributed by atoms with van der Waals surface area (Å²) in [5, 5.41) is 2.33. The Morgan fingerprint density at radius 3 is 2.24 bits per heavy atom. The summed E-state index contributed by atoms with van der Waals surface area (Å²) < 4.78 is 44.7. The van der Waals surface area contributed by atoms with E-state index in [-0.39, 0.29) is 23.8 Å². The van der Waals surface area contributed by atoms with Crippen molar-refractivity contribution in [2.24, 2.45) is 4.99 Å². The minimum Gasteiger partial charge on any atom is -0.466 e. The molecule has 0 N–H and O–H groups in total. The number of methoxy groups -OCH3 is 1.